The van der Waals surface area contributed by atoms with Gasteiger partial charge in [-0.25, -0.2) is 9.97 Å². The summed E-state index contributed by atoms with van der Waals surface area (Å²) < 4.78 is 0. The summed E-state index contributed by atoms with van der Waals surface area (Å²) in [5, 5.41) is 0. The van der Waals surface area contributed by atoms with E-state index in [0.29, 0.717) is 6.04 Å². The second kappa shape index (κ2) is 6.82. The van der Waals surface area contributed by atoms with Gasteiger partial charge in [0.15, 0.2) is 0 Å². The van der Waals surface area contributed by atoms with E-state index in [1.165, 1.54) is 17.5 Å². The molecule has 1 amide bonds. The highest BCUT2D eigenvalue weighted by Crippen LogP contribution is 2.25. The van der Waals surface area contributed by atoms with E-state index in [0.717, 1.165) is 50.2 Å². The molecule has 25 heavy (non-hydrogen) atoms. The number of hydrogen-bond donors (Lipinski definition) is 0. The predicted molar refractivity (Wildman–Crippen MR) is 97.8 cm³/mol. The molecule has 0 spiro atoms. The van der Waals surface area contributed by atoms with Gasteiger partial charge in [-0.15, -0.1) is 0 Å². The van der Waals surface area contributed by atoms with Gasteiger partial charge in [0, 0.05) is 37.9 Å². The van der Waals surface area contributed by atoms with Gasteiger partial charge in [-0.1, -0.05) is 6.07 Å². The quantitative estimate of drug-likeness (QED) is 0.865. The molecule has 2 aliphatic rings. The third-order valence-corrected chi connectivity index (χ3v) is 5.57. The van der Waals surface area contributed by atoms with Crippen LogP contribution in [-0.4, -0.2) is 47.0 Å². The highest BCUT2D eigenvalue weighted by atomic mass is 16.2. The third kappa shape index (κ3) is 3.23. The molecule has 5 nitrogen and oxygen atoms in total. The molecule has 0 radical (unpaired) electrons. The highest BCUT2D eigenvalue weighted by Gasteiger charge is 2.27. The summed E-state index contributed by atoms with van der Waals surface area (Å²) in [7, 11) is 1.95. The molecule has 0 bridgehead atoms. The molecular weight excluding hydrogens is 312 g/mol. The van der Waals surface area contributed by atoms with Crippen LogP contribution >= 0.6 is 0 Å². The maximum atomic E-state index is 12.9. The van der Waals surface area contributed by atoms with Gasteiger partial charge >= 0.3 is 0 Å². The summed E-state index contributed by atoms with van der Waals surface area (Å²) in [6.45, 7) is 1.84. The van der Waals surface area contributed by atoms with Crippen molar-refractivity contribution in [2.45, 2.75) is 38.1 Å². The van der Waals surface area contributed by atoms with Crippen molar-refractivity contribution in [1.29, 1.82) is 0 Å². The number of carbonyl (C=O) groups excluding carboxylic acids is 1. The molecule has 2 aromatic rings. The van der Waals surface area contributed by atoms with Crippen molar-refractivity contribution in [3.8, 4) is 0 Å². The number of nitrogens with zero attached hydrogens (tertiary/aromatic N) is 4. The van der Waals surface area contributed by atoms with Gasteiger partial charge in [0.25, 0.3) is 5.91 Å². The van der Waals surface area contributed by atoms with E-state index < -0.39 is 0 Å². The lowest BCUT2D eigenvalue weighted by molar-refractivity contribution is 0.0709. The summed E-state index contributed by atoms with van der Waals surface area (Å²) in [5.41, 5.74) is 3.61. The van der Waals surface area contributed by atoms with E-state index in [-0.39, 0.29) is 5.91 Å². The van der Waals surface area contributed by atoms with E-state index >= 15 is 0 Å². The van der Waals surface area contributed by atoms with Crippen molar-refractivity contribution < 1.29 is 4.79 Å². The second-order valence-corrected chi connectivity index (χ2v) is 7.04. The summed E-state index contributed by atoms with van der Waals surface area (Å²) in [6.07, 6.45) is 8.78. The largest absolute Gasteiger partial charge is 0.356 e. The number of fused-ring (bicyclic) bond motifs is 1. The van der Waals surface area contributed by atoms with Gasteiger partial charge < -0.3 is 9.80 Å². The molecule has 5 heteroatoms. The summed E-state index contributed by atoms with van der Waals surface area (Å²) in [6, 6.07) is 8.48. The Morgan fingerprint density at radius 1 is 1.16 bits per heavy atom. The monoisotopic (exact) mass is 336 g/mol. The summed E-state index contributed by atoms with van der Waals surface area (Å²) in [4.78, 5) is 25.4. The molecule has 0 N–H and O–H groups in total. The van der Waals surface area contributed by atoms with Crippen LogP contribution < -0.4 is 4.90 Å². The Morgan fingerprint density at radius 3 is 2.72 bits per heavy atom. The minimum atomic E-state index is 0.148. The molecule has 1 aliphatic carbocycles. The third-order valence-electron chi connectivity index (χ3n) is 5.57. The molecule has 2 heterocycles. The van der Waals surface area contributed by atoms with E-state index in [1.807, 2.05) is 24.1 Å². The number of anilines is 1. The minimum Gasteiger partial charge on any atom is -0.356 e. The Hall–Kier alpha value is -2.43. The first kappa shape index (κ1) is 16.1. The van der Waals surface area contributed by atoms with Gasteiger partial charge in [-0.3, -0.25) is 4.79 Å². The highest BCUT2D eigenvalue weighted by molar-refractivity contribution is 5.94. The molecule has 1 aromatic carbocycles. The van der Waals surface area contributed by atoms with Crippen LogP contribution in [0.1, 0.15) is 40.7 Å². The number of aromatic nitrogens is 2. The summed E-state index contributed by atoms with van der Waals surface area (Å²) >= 11 is 0. The number of amides is 1. The molecule has 0 saturated carbocycles. The van der Waals surface area contributed by atoms with E-state index in [1.54, 1.807) is 12.5 Å². The Labute approximate surface area is 148 Å². The molecule has 1 aliphatic heterocycles. The fraction of sp³-hybridized carbons (Fsp3) is 0.450. The second-order valence-electron chi connectivity index (χ2n) is 7.04. The van der Waals surface area contributed by atoms with Crippen molar-refractivity contribution in [3.05, 3.63) is 53.5 Å². The fourth-order valence-corrected chi connectivity index (χ4v) is 4.03. The first-order valence-electron chi connectivity index (χ1n) is 9.12. The number of aryl methyl sites for hydroxylation is 2. The van der Waals surface area contributed by atoms with Crippen LogP contribution in [0.25, 0.3) is 0 Å². The van der Waals surface area contributed by atoms with Crippen LogP contribution in [0, 0.1) is 0 Å². The van der Waals surface area contributed by atoms with Crippen LogP contribution in [0.15, 0.2) is 36.8 Å². The number of benzene rings is 1. The maximum Gasteiger partial charge on any atom is 0.253 e. The SMILES string of the molecule is CN(C(=O)c1ccc2c(c1)CCC2)C1CCN(c2ccncn2)CC1. The lowest BCUT2D eigenvalue weighted by Gasteiger charge is -2.37. The van der Waals surface area contributed by atoms with Crippen molar-refractivity contribution in [2.75, 3.05) is 25.0 Å². The maximum absolute atomic E-state index is 12.9. The smallest absolute Gasteiger partial charge is 0.253 e. The minimum absolute atomic E-state index is 0.148. The molecule has 4 rings (SSSR count). The Balaban J connectivity index is 1.40. The molecule has 1 aromatic heterocycles. The zero-order valence-electron chi connectivity index (χ0n) is 14.7. The first-order valence-corrected chi connectivity index (χ1v) is 9.12. The molecule has 1 saturated heterocycles. The number of piperidine rings is 1. The van der Waals surface area contributed by atoms with Crippen molar-refractivity contribution in [1.82, 2.24) is 14.9 Å². The lowest BCUT2D eigenvalue weighted by Crippen LogP contribution is -2.45. The van der Waals surface area contributed by atoms with E-state index in [4.69, 9.17) is 0 Å². The fourth-order valence-electron chi connectivity index (χ4n) is 4.03. The lowest BCUT2D eigenvalue weighted by atomic mass is 10.0. The normalized spacial score (nSPS) is 17.4. The zero-order chi connectivity index (χ0) is 17.2. The molecule has 0 unspecified atom stereocenters. The topological polar surface area (TPSA) is 49.3 Å². The van der Waals surface area contributed by atoms with Gasteiger partial charge in [0.05, 0.1) is 0 Å². The first-order chi connectivity index (χ1) is 12.2. The van der Waals surface area contributed by atoms with Crippen molar-refractivity contribution >= 4 is 11.7 Å². The molecule has 0 atom stereocenters. The molecule has 130 valence electrons. The number of carbonyl (C=O) groups is 1. The van der Waals surface area contributed by atoms with Crippen LogP contribution in [0.2, 0.25) is 0 Å². The van der Waals surface area contributed by atoms with Gasteiger partial charge in [0.2, 0.25) is 0 Å². The van der Waals surface area contributed by atoms with Crippen LogP contribution in [0.4, 0.5) is 5.82 Å². The Morgan fingerprint density at radius 2 is 1.96 bits per heavy atom. The number of hydrogen-bond acceptors (Lipinski definition) is 4. The van der Waals surface area contributed by atoms with Crippen LogP contribution in [-0.2, 0) is 12.8 Å². The molecule has 1 fully saturated rings. The van der Waals surface area contributed by atoms with Crippen molar-refractivity contribution in [2.24, 2.45) is 0 Å². The van der Waals surface area contributed by atoms with E-state index in [2.05, 4.69) is 27.0 Å². The average molecular weight is 336 g/mol. The van der Waals surface area contributed by atoms with Crippen molar-refractivity contribution in [3.63, 3.8) is 0 Å². The molecular formula is C20H24N4O. The average Bonchev–Trinajstić information content (AvgIpc) is 3.15. The van der Waals surface area contributed by atoms with Gasteiger partial charge in [0.1, 0.15) is 12.1 Å². The predicted octanol–water partition coefficient (Wildman–Crippen LogP) is 2.71. The van der Waals surface area contributed by atoms with E-state index in [9.17, 15) is 4.79 Å². The van der Waals surface area contributed by atoms with Crippen LogP contribution in [0.5, 0.6) is 0 Å². The zero-order valence-corrected chi connectivity index (χ0v) is 14.7. The van der Waals surface area contributed by atoms with Gasteiger partial charge in [-0.05, 0) is 61.4 Å². The van der Waals surface area contributed by atoms with Gasteiger partial charge in [-0.2, -0.15) is 0 Å². The summed E-state index contributed by atoms with van der Waals surface area (Å²) in [5.74, 6) is 1.12. The number of rotatable bonds is 3. The standard InChI is InChI=1S/C20H24N4O/c1-23(20(25)17-6-5-15-3-2-4-16(15)13-17)18-8-11-24(12-9-18)19-7-10-21-14-22-19/h5-7,10,13-14,18H,2-4,8-9,11-12H2,1H3. The van der Waals surface area contributed by atoms with Crippen LogP contribution in [0.3, 0.4) is 0 Å². The Kier molecular flexibility index (Phi) is 4.38. The Bertz CT molecular complexity index is 754.